The number of nitrogens with zero attached hydrogens (tertiary/aromatic N) is 1. The highest BCUT2D eigenvalue weighted by atomic mass is 16.1. The van der Waals surface area contributed by atoms with Crippen molar-refractivity contribution in [2.45, 2.75) is 26.7 Å². The van der Waals surface area contributed by atoms with Gasteiger partial charge in [0.25, 0.3) is 5.56 Å². The average Bonchev–Trinajstić information content (AvgIpc) is 2.38. The molecule has 0 aliphatic heterocycles. The standard InChI is InChI=1S/C15H19N3O2/c1-10(2)9-14(19)16-8-7-13-17-12-6-4-3-5-11(12)15(20)18-13/h3-6,10H,7-9H2,1-2H3,(H,16,19)(H,17,18,20). The Balaban J connectivity index is 2.00. The van der Waals surface area contributed by atoms with E-state index in [0.29, 0.717) is 42.0 Å². The molecule has 106 valence electrons. The molecule has 20 heavy (non-hydrogen) atoms. The number of benzene rings is 1. The Labute approximate surface area is 117 Å². The number of fused-ring (bicyclic) bond motifs is 1. The SMILES string of the molecule is CC(C)CC(=O)NCCc1nc2ccccc2c(=O)[nH]1. The van der Waals surface area contributed by atoms with Crippen LogP contribution in [0, 0.1) is 5.92 Å². The number of hydrogen-bond acceptors (Lipinski definition) is 3. The smallest absolute Gasteiger partial charge is 0.258 e. The highest BCUT2D eigenvalue weighted by Crippen LogP contribution is 2.05. The molecule has 5 nitrogen and oxygen atoms in total. The summed E-state index contributed by atoms with van der Waals surface area (Å²) >= 11 is 0. The largest absolute Gasteiger partial charge is 0.356 e. The van der Waals surface area contributed by atoms with Crippen LogP contribution in [0.4, 0.5) is 0 Å². The first kappa shape index (κ1) is 14.2. The maximum Gasteiger partial charge on any atom is 0.258 e. The zero-order valence-electron chi connectivity index (χ0n) is 11.8. The van der Waals surface area contributed by atoms with Gasteiger partial charge in [-0.1, -0.05) is 26.0 Å². The number of H-pyrrole nitrogens is 1. The molecule has 2 N–H and O–H groups in total. The van der Waals surface area contributed by atoms with Crippen molar-refractivity contribution < 1.29 is 4.79 Å². The Morgan fingerprint density at radius 3 is 2.85 bits per heavy atom. The van der Waals surface area contributed by atoms with Gasteiger partial charge in [0.1, 0.15) is 5.82 Å². The van der Waals surface area contributed by atoms with Crippen molar-refractivity contribution in [3.8, 4) is 0 Å². The van der Waals surface area contributed by atoms with Crippen molar-refractivity contribution in [1.82, 2.24) is 15.3 Å². The van der Waals surface area contributed by atoms with Gasteiger partial charge in [0.05, 0.1) is 10.9 Å². The van der Waals surface area contributed by atoms with Gasteiger partial charge in [-0.25, -0.2) is 4.98 Å². The number of rotatable bonds is 5. The summed E-state index contributed by atoms with van der Waals surface area (Å²) in [4.78, 5) is 30.5. The summed E-state index contributed by atoms with van der Waals surface area (Å²) in [6.07, 6.45) is 1.03. The van der Waals surface area contributed by atoms with Gasteiger partial charge in [0.2, 0.25) is 5.91 Å². The van der Waals surface area contributed by atoms with Crippen LogP contribution in [0.15, 0.2) is 29.1 Å². The Morgan fingerprint density at radius 2 is 2.10 bits per heavy atom. The van der Waals surface area contributed by atoms with Gasteiger partial charge in [0.15, 0.2) is 0 Å². The number of aromatic nitrogens is 2. The zero-order valence-corrected chi connectivity index (χ0v) is 11.8. The van der Waals surface area contributed by atoms with Crippen LogP contribution in [0.25, 0.3) is 10.9 Å². The second-order valence-corrected chi connectivity index (χ2v) is 5.23. The summed E-state index contributed by atoms with van der Waals surface area (Å²) in [7, 11) is 0. The van der Waals surface area contributed by atoms with E-state index in [1.165, 1.54) is 0 Å². The first-order valence-electron chi connectivity index (χ1n) is 6.81. The summed E-state index contributed by atoms with van der Waals surface area (Å²) in [5, 5.41) is 3.41. The molecule has 0 fully saturated rings. The van der Waals surface area contributed by atoms with E-state index in [-0.39, 0.29) is 11.5 Å². The lowest BCUT2D eigenvalue weighted by Gasteiger charge is -2.07. The molecule has 1 aromatic carbocycles. The molecule has 0 aliphatic rings. The summed E-state index contributed by atoms with van der Waals surface area (Å²) in [6.45, 7) is 4.48. The maximum absolute atomic E-state index is 11.9. The normalized spacial score (nSPS) is 10.9. The summed E-state index contributed by atoms with van der Waals surface area (Å²) in [5.74, 6) is 0.968. The third-order valence-electron chi connectivity index (χ3n) is 2.94. The van der Waals surface area contributed by atoms with E-state index >= 15 is 0 Å². The molecular weight excluding hydrogens is 254 g/mol. The Hall–Kier alpha value is -2.17. The summed E-state index contributed by atoms with van der Waals surface area (Å²) in [5.41, 5.74) is 0.541. The monoisotopic (exact) mass is 273 g/mol. The van der Waals surface area contributed by atoms with Crippen LogP contribution >= 0.6 is 0 Å². The van der Waals surface area contributed by atoms with Gasteiger partial charge in [-0.3, -0.25) is 9.59 Å². The van der Waals surface area contributed by atoms with E-state index in [2.05, 4.69) is 15.3 Å². The van der Waals surface area contributed by atoms with E-state index in [1.54, 1.807) is 6.07 Å². The fourth-order valence-electron chi connectivity index (χ4n) is 2.02. The Morgan fingerprint density at radius 1 is 1.35 bits per heavy atom. The average molecular weight is 273 g/mol. The fourth-order valence-corrected chi connectivity index (χ4v) is 2.02. The van der Waals surface area contributed by atoms with Gasteiger partial charge < -0.3 is 10.3 Å². The van der Waals surface area contributed by atoms with Crippen LogP contribution in [0.5, 0.6) is 0 Å². The van der Waals surface area contributed by atoms with Crippen molar-refractivity contribution in [2.24, 2.45) is 5.92 Å². The molecule has 1 aromatic heterocycles. The highest BCUT2D eigenvalue weighted by molar-refractivity contribution is 5.77. The van der Waals surface area contributed by atoms with Crippen molar-refractivity contribution in [1.29, 1.82) is 0 Å². The minimum Gasteiger partial charge on any atom is -0.356 e. The number of para-hydroxylation sites is 1. The number of hydrogen-bond donors (Lipinski definition) is 2. The second kappa shape index (κ2) is 6.32. The number of nitrogens with one attached hydrogen (secondary N) is 2. The fraction of sp³-hybridized carbons (Fsp3) is 0.400. The molecule has 0 saturated heterocycles. The minimum absolute atomic E-state index is 0.0307. The molecule has 0 unspecified atom stereocenters. The minimum atomic E-state index is -0.140. The van der Waals surface area contributed by atoms with Gasteiger partial charge in [-0.2, -0.15) is 0 Å². The van der Waals surface area contributed by atoms with Crippen molar-refractivity contribution >= 4 is 16.8 Å². The van der Waals surface area contributed by atoms with Crippen molar-refractivity contribution in [3.63, 3.8) is 0 Å². The predicted octanol–water partition coefficient (Wildman–Crippen LogP) is 1.63. The number of carbonyl (C=O) groups is 1. The van der Waals surface area contributed by atoms with Crippen molar-refractivity contribution in [3.05, 3.63) is 40.4 Å². The molecule has 0 spiro atoms. The molecule has 0 bridgehead atoms. The second-order valence-electron chi connectivity index (χ2n) is 5.23. The molecule has 0 radical (unpaired) electrons. The van der Waals surface area contributed by atoms with Crippen LogP contribution in [0.1, 0.15) is 26.1 Å². The molecule has 1 heterocycles. The van der Waals surface area contributed by atoms with E-state index in [0.717, 1.165) is 0 Å². The van der Waals surface area contributed by atoms with Crippen LogP contribution in [0.3, 0.4) is 0 Å². The van der Waals surface area contributed by atoms with Gasteiger partial charge in [-0.15, -0.1) is 0 Å². The molecule has 0 atom stereocenters. The lowest BCUT2D eigenvalue weighted by atomic mass is 10.1. The third-order valence-corrected chi connectivity index (χ3v) is 2.94. The van der Waals surface area contributed by atoms with Crippen LogP contribution in [-0.2, 0) is 11.2 Å². The van der Waals surface area contributed by atoms with E-state index in [1.807, 2.05) is 32.0 Å². The summed E-state index contributed by atoms with van der Waals surface area (Å²) in [6, 6.07) is 7.22. The quantitative estimate of drug-likeness (QED) is 0.869. The van der Waals surface area contributed by atoms with Gasteiger partial charge >= 0.3 is 0 Å². The molecular formula is C15H19N3O2. The van der Waals surface area contributed by atoms with Gasteiger partial charge in [0, 0.05) is 19.4 Å². The summed E-state index contributed by atoms with van der Waals surface area (Å²) < 4.78 is 0. The number of carbonyl (C=O) groups excluding carboxylic acids is 1. The third kappa shape index (κ3) is 3.66. The van der Waals surface area contributed by atoms with Gasteiger partial charge in [-0.05, 0) is 18.1 Å². The van der Waals surface area contributed by atoms with E-state index < -0.39 is 0 Å². The van der Waals surface area contributed by atoms with Crippen LogP contribution in [0.2, 0.25) is 0 Å². The highest BCUT2D eigenvalue weighted by Gasteiger charge is 2.06. The number of aromatic amines is 1. The first-order valence-corrected chi connectivity index (χ1v) is 6.81. The zero-order chi connectivity index (χ0) is 14.5. The molecule has 0 aliphatic carbocycles. The number of amides is 1. The first-order chi connectivity index (χ1) is 9.56. The van der Waals surface area contributed by atoms with Crippen LogP contribution < -0.4 is 10.9 Å². The molecule has 1 amide bonds. The Bertz CT molecular complexity index is 661. The molecule has 0 saturated carbocycles. The lowest BCUT2D eigenvalue weighted by Crippen LogP contribution is -2.27. The Kier molecular flexibility index (Phi) is 4.50. The van der Waals surface area contributed by atoms with E-state index in [4.69, 9.17) is 0 Å². The molecule has 2 aromatic rings. The molecule has 2 rings (SSSR count). The van der Waals surface area contributed by atoms with Crippen LogP contribution in [-0.4, -0.2) is 22.4 Å². The topological polar surface area (TPSA) is 74.8 Å². The lowest BCUT2D eigenvalue weighted by molar-refractivity contribution is -0.121. The van der Waals surface area contributed by atoms with Crippen molar-refractivity contribution in [2.75, 3.05) is 6.54 Å². The maximum atomic E-state index is 11.9. The van der Waals surface area contributed by atoms with E-state index in [9.17, 15) is 9.59 Å². The predicted molar refractivity (Wildman–Crippen MR) is 78.5 cm³/mol. The molecule has 5 heteroatoms.